The summed E-state index contributed by atoms with van der Waals surface area (Å²) in [6.07, 6.45) is 0. The Morgan fingerprint density at radius 2 is 2.09 bits per heavy atom. The monoisotopic (exact) mass is 326 g/mol. The number of nitrogens with one attached hydrogen (secondary N) is 1. The van der Waals surface area contributed by atoms with Gasteiger partial charge < -0.3 is 9.30 Å². The van der Waals surface area contributed by atoms with Crippen LogP contribution in [0, 0.1) is 0 Å². The molecule has 0 aliphatic rings. The number of carbonyl (C=O) groups excluding carboxylic acids is 1. The van der Waals surface area contributed by atoms with Crippen molar-refractivity contribution in [1.82, 2.24) is 19.1 Å². The first-order valence-electron chi connectivity index (χ1n) is 6.93. The Hall–Kier alpha value is -2.03. The molecule has 8 nitrogen and oxygen atoms in total. The molecule has 0 saturated carbocycles. The normalized spacial score (nSPS) is 12.5. The molecular formula is C13H18N4O4S. The Labute approximate surface area is 130 Å². The molecule has 9 heteroatoms. The summed E-state index contributed by atoms with van der Waals surface area (Å²) in [6.45, 7) is 6.12. The van der Waals surface area contributed by atoms with Gasteiger partial charge in [-0.1, -0.05) is 11.8 Å². The Balaban J connectivity index is 2.54. The van der Waals surface area contributed by atoms with Gasteiger partial charge in [0.2, 0.25) is 0 Å². The number of aryl methyl sites for hydroxylation is 2. The fourth-order valence-electron chi connectivity index (χ4n) is 2.06. The molecule has 0 fully saturated rings. The quantitative estimate of drug-likeness (QED) is 0.634. The first-order valence-corrected chi connectivity index (χ1v) is 7.81. The number of rotatable bonds is 5. The molecule has 0 unspecified atom stereocenters. The van der Waals surface area contributed by atoms with E-state index in [1.165, 1.54) is 23.4 Å². The number of thioether (sulfide) groups is 1. The van der Waals surface area contributed by atoms with Gasteiger partial charge >= 0.3 is 11.7 Å². The van der Waals surface area contributed by atoms with Crippen LogP contribution in [0.1, 0.15) is 20.8 Å². The number of hydrogen-bond acceptors (Lipinski definition) is 6. The molecule has 0 amide bonds. The van der Waals surface area contributed by atoms with Crippen LogP contribution in [0.5, 0.6) is 0 Å². The number of aromatic nitrogens is 4. The number of aromatic amines is 1. The minimum absolute atomic E-state index is 0.300. The van der Waals surface area contributed by atoms with Gasteiger partial charge in [0.25, 0.3) is 5.56 Å². The number of carbonyl (C=O) groups is 1. The summed E-state index contributed by atoms with van der Waals surface area (Å²) in [4.78, 5) is 42.0. The number of fused-ring (bicyclic) bond motifs is 1. The largest absolute Gasteiger partial charge is 0.465 e. The molecule has 2 aromatic heterocycles. The van der Waals surface area contributed by atoms with Crippen molar-refractivity contribution in [1.29, 1.82) is 0 Å². The van der Waals surface area contributed by atoms with Crippen LogP contribution in [-0.4, -0.2) is 36.9 Å². The van der Waals surface area contributed by atoms with Crippen LogP contribution in [0.15, 0.2) is 14.7 Å². The molecule has 0 aliphatic heterocycles. The molecule has 1 N–H and O–H groups in total. The van der Waals surface area contributed by atoms with E-state index in [9.17, 15) is 14.4 Å². The van der Waals surface area contributed by atoms with Gasteiger partial charge in [-0.25, -0.2) is 9.78 Å². The molecule has 0 aromatic carbocycles. The molecule has 0 saturated heterocycles. The first kappa shape index (κ1) is 16.3. The van der Waals surface area contributed by atoms with E-state index in [2.05, 4.69) is 9.97 Å². The lowest BCUT2D eigenvalue weighted by Gasteiger charge is -2.10. The first-order chi connectivity index (χ1) is 10.4. The third-order valence-corrected chi connectivity index (χ3v) is 4.26. The van der Waals surface area contributed by atoms with Gasteiger partial charge in [-0.05, 0) is 20.8 Å². The van der Waals surface area contributed by atoms with Gasteiger partial charge in [0.05, 0.1) is 6.61 Å². The van der Waals surface area contributed by atoms with Crippen molar-refractivity contribution in [2.75, 3.05) is 6.61 Å². The Morgan fingerprint density at radius 1 is 1.41 bits per heavy atom. The predicted molar refractivity (Wildman–Crippen MR) is 83.2 cm³/mol. The SMILES string of the molecule is CCOC(=O)[C@H](C)Sc1nc2c(c(=O)[nH]c(=O)n2C)n1CC. The van der Waals surface area contributed by atoms with Gasteiger partial charge in [0.15, 0.2) is 16.3 Å². The van der Waals surface area contributed by atoms with E-state index in [0.29, 0.717) is 29.5 Å². The third kappa shape index (κ3) is 2.80. The van der Waals surface area contributed by atoms with Crippen molar-refractivity contribution in [3.05, 3.63) is 20.8 Å². The zero-order valence-corrected chi connectivity index (χ0v) is 13.7. The Bertz CT molecular complexity index is 820. The van der Waals surface area contributed by atoms with Gasteiger partial charge in [0.1, 0.15) is 5.25 Å². The van der Waals surface area contributed by atoms with Gasteiger partial charge in [0, 0.05) is 13.6 Å². The summed E-state index contributed by atoms with van der Waals surface area (Å²) < 4.78 is 7.94. The third-order valence-electron chi connectivity index (χ3n) is 3.19. The van der Waals surface area contributed by atoms with Crippen LogP contribution in [-0.2, 0) is 23.1 Å². The van der Waals surface area contributed by atoms with Crippen LogP contribution in [0.2, 0.25) is 0 Å². The summed E-state index contributed by atoms with van der Waals surface area (Å²) in [5.41, 5.74) is -0.381. The Kier molecular flexibility index (Phi) is 4.74. The van der Waals surface area contributed by atoms with Crippen LogP contribution in [0.4, 0.5) is 0 Å². The number of nitrogens with zero attached hydrogens (tertiary/aromatic N) is 3. The summed E-state index contributed by atoms with van der Waals surface area (Å²) >= 11 is 1.20. The number of ether oxygens (including phenoxy) is 1. The zero-order valence-electron chi connectivity index (χ0n) is 12.9. The molecule has 120 valence electrons. The lowest BCUT2D eigenvalue weighted by Crippen LogP contribution is -2.29. The van der Waals surface area contributed by atoms with Crippen molar-refractivity contribution >= 4 is 28.9 Å². The second-order valence-corrected chi connectivity index (χ2v) is 5.95. The highest BCUT2D eigenvalue weighted by molar-refractivity contribution is 8.00. The van der Waals surface area contributed by atoms with E-state index in [1.807, 2.05) is 6.92 Å². The topological polar surface area (TPSA) is 99.0 Å². The standard InChI is InChI=1S/C13H18N4O4S/c1-5-17-8-9(16(4)12(20)15-10(8)18)14-13(17)22-7(3)11(19)21-6-2/h7H,5-6H2,1-4H3,(H,15,18,20)/t7-/m0/s1. The van der Waals surface area contributed by atoms with Crippen LogP contribution in [0.3, 0.4) is 0 Å². The minimum atomic E-state index is -0.520. The van der Waals surface area contributed by atoms with Gasteiger partial charge in [-0.2, -0.15) is 0 Å². The highest BCUT2D eigenvalue weighted by Gasteiger charge is 2.22. The van der Waals surface area contributed by atoms with E-state index in [-0.39, 0.29) is 5.97 Å². The summed E-state index contributed by atoms with van der Waals surface area (Å²) in [5.74, 6) is -0.343. The van der Waals surface area contributed by atoms with Crippen molar-refractivity contribution < 1.29 is 9.53 Å². The van der Waals surface area contributed by atoms with E-state index < -0.39 is 16.5 Å². The van der Waals surface area contributed by atoms with Crippen LogP contribution in [0.25, 0.3) is 11.2 Å². The molecule has 0 bridgehead atoms. The lowest BCUT2D eigenvalue weighted by molar-refractivity contribution is -0.142. The average molecular weight is 326 g/mol. The number of esters is 1. The smallest absolute Gasteiger partial charge is 0.329 e. The van der Waals surface area contributed by atoms with Crippen molar-refractivity contribution in [2.45, 2.75) is 37.7 Å². The molecule has 0 aliphatic carbocycles. The maximum atomic E-state index is 12.0. The molecule has 2 heterocycles. The minimum Gasteiger partial charge on any atom is -0.465 e. The van der Waals surface area contributed by atoms with E-state index in [4.69, 9.17) is 4.74 Å². The van der Waals surface area contributed by atoms with E-state index >= 15 is 0 Å². The van der Waals surface area contributed by atoms with Gasteiger partial charge in [-0.3, -0.25) is 19.1 Å². The van der Waals surface area contributed by atoms with Crippen molar-refractivity contribution in [3.63, 3.8) is 0 Å². The van der Waals surface area contributed by atoms with E-state index in [0.717, 1.165) is 0 Å². The lowest BCUT2D eigenvalue weighted by atomic mass is 10.5. The molecule has 2 rings (SSSR count). The van der Waals surface area contributed by atoms with E-state index in [1.54, 1.807) is 18.4 Å². The maximum absolute atomic E-state index is 12.0. The average Bonchev–Trinajstić information content (AvgIpc) is 2.84. The van der Waals surface area contributed by atoms with Gasteiger partial charge in [-0.15, -0.1) is 0 Å². The molecule has 0 spiro atoms. The highest BCUT2D eigenvalue weighted by atomic mass is 32.2. The molecular weight excluding hydrogens is 308 g/mol. The summed E-state index contributed by atoms with van der Waals surface area (Å²) in [5, 5.41) is 0.0444. The number of hydrogen-bond donors (Lipinski definition) is 1. The van der Waals surface area contributed by atoms with Crippen molar-refractivity contribution in [3.8, 4) is 0 Å². The number of H-pyrrole nitrogens is 1. The Morgan fingerprint density at radius 3 is 2.68 bits per heavy atom. The molecule has 1 atom stereocenters. The number of imidazole rings is 1. The highest BCUT2D eigenvalue weighted by Crippen LogP contribution is 2.25. The second-order valence-electron chi connectivity index (χ2n) is 4.64. The molecule has 22 heavy (non-hydrogen) atoms. The van der Waals surface area contributed by atoms with Crippen LogP contribution >= 0.6 is 11.8 Å². The van der Waals surface area contributed by atoms with Crippen molar-refractivity contribution in [2.24, 2.45) is 7.05 Å². The van der Waals surface area contributed by atoms with Crippen LogP contribution < -0.4 is 11.2 Å². The zero-order chi connectivity index (χ0) is 16.4. The summed E-state index contributed by atoms with van der Waals surface area (Å²) in [6, 6.07) is 0. The summed E-state index contributed by atoms with van der Waals surface area (Å²) in [7, 11) is 1.54. The second kappa shape index (κ2) is 6.39. The fourth-order valence-corrected chi connectivity index (χ4v) is 3.03. The molecule has 0 radical (unpaired) electrons. The maximum Gasteiger partial charge on any atom is 0.329 e. The fraction of sp³-hybridized carbons (Fsp3) is 0.538. The predicted octanol–water partition coefficient (Wildman–Crippen LogP) is 0.487. The molecule has 2 aromatic rings.